The van der Waals surface area contributed by atoms with Gasteiger partial charge in [0.15, 0.2) is 5.03 Å². The van der Waals surface area contributed by atoms with Gasteiger partial charge in [0, 0.05) is 6.20 Å². The highest BCUT2D eigenvalue weighted by atomic mass is 127. The number of halogens is 3. The molecule has 17 heavy (non-hydrogen) atoms. The standard InChI is InChI=1S/C6H4F2IN3O4S/c7-5(8)3-4(12(13)14)2(9)1-11-6(3)17(10,15)16/h1,5H,(H2,10,15,16). The second-order valence-electron chi connectivity index (χ2n) is 2.78. The number of nitrogens with two attached hydrogens (primary N) is 1. The molecule has 0 aliphatic carbocycles. The molecule has 2 N–H and O–H groups in total. The Balaban J connectivity index is 3.78. The summed E-state index contributed by atoms with van der Waals surface area (Å²) in [5.41, 5.74) is -2.29. The lowest BCUT2D eigenvalue weighted by atomic mass is 10.2. The van der Waals surface area contributed by atoms with E-state index in [0.29, 0.717) is 0 Å². The molecule has 0 amide bonds. The molecule has 0 bridgehead atoms. The summed E-state index contributed by atoms with van der Waals surface area (Å²) < 4.78 is 47.2. The summed E-state index contributed by atoms with van der Waals surface area (Å²) in [4.78, 5) is 12.7. The molecule has 11 heteroatoms. The van der Waals surface area contributed by atoms with Gasteiger partial charge in [0.2, 0.25) is 0 Å². The highest BCUT2D eigenvalue weighted by molar-refractivity contribution is 14.1. The molecule has 1 aromatic heterocycles. The number of primary sulfonamides is 1. The van der Waals surface area contributed by atoms with Crippen molar-refractivity contribution in [3.63, 3.8) is 0 Å². The van der Waals surface area contributed by atoms with Crippen LogP contribution in [-0.4, -0.2) is 18.3 Å². The van der Waals surface area contributed by atoms with Gasteiger partial charge in [0.05, 0.1) is 4.92 Å². The minimum absolute atomic E-state index is 0.199. The van der Waals surface area contributed by atoms with Gasteiger partial charge in [0.25, 0.3) is 22.1 Å². The van der Waals surface area contributed by atoms with Gasteiger partial charge in [-0.2, -0.15) is 0 Å². The van der Waals surface area contributed by atoms with E-state index in [0.717, 1.165) is 6.20 Å². The van der Waals surface area contributed by atoms with Crippen LogP contribution in [0.25, 0.3) is 0 Å². The normalized spacial score (nSPS) is 11.8. The van der Waals surface area contributed by atoms with Gasteiger partial charge < -0.3 is 0 Å². The lowest BCUT2D eigenvalue weighted by Gasteiger charge is -2.07. The number of aromatic nitrogens is 1. The third kappa shape index (κ3) is 2.84. The Bertz CT molecular complexity index is 577. The number of nitro groups is 1. The van der Waals surface area contributed by atoms with Gasteiger partial charge in [-0.15, -0.1) is 0 Å². The molecular formula is C6H4F2IN3O4S. The van der Waals surface area contributed by atoms with E-state index in [2.05, 4.69) is 10.1 Å². The lowest BCUT2D eigenvalue weighted by Crippen LogP contribution is -2.18. The summed E-state index contributed by atoms with van der Waals surface area (Å²) in [5, 5.41) is 14.1. The fourth-order valence-electron chi connectivity index (χ4n) is 1.08. The molecule has 0 saturated heterocycles. The van der Waals surface area contributed by atoms with Crippen molar-refractivity contribution in [3.05, 3.63) is 25.4 Å². The van der Waals surface area contributed by atoms with Crippen molar-refractivity contribution >= 4 is 38.3 Å². The summed E-state index contributed by atoms with van der Waals surface area (Å²) >= 11 is 1.41. The Morgan fingerprint density at radius 2 is 2.06 bits per heavy atom. The van der Waals surface area contributed by atoms with Gasteiger partial charge in [-0.3, -0.25) is 10.1 Å². The van der Waals surface area contributed by atoms with Crippen LogP contribution >= 0.6 is 22.6 Å². The maximum atomic E-state index is 12.7. The van der Waals surface area contributed by atoms with E-state index in [4.69, 9.17) is 0 Å². The number of pyridine rings is 1. The Morgan fingerprint density at radius 1 is 1.53 bits per heavy atom. The van der Waals surface area contributed by atoms with E-state index < -0.39 is 37.6 Å². The molecule has 0 fully saturated rings. The Labute approximate surface area is 107 Å². The SMILES string of the molecule is NS(=O)(=O)c1ncc(I)c([N+](=O)[O-])c1C(F)F. The topological polar surface area (TPSA) is 116 Å². The van der Waals surface area contributed by atoms with Crippen LogP contribution in [-0.2, 0) is 10.0 Å². The van der Waals surface area contributed by atoms with Gasteiger partial charge in [-0.25, -0.2) is 27.3 Å². The quantitative estimate of drug-likeness (QED) is 0.481. The summed E-state index contributed by atoms with van der Waals surface area (Å²) in [6.07, 6.45) is -2.57. The molecule has 0 saturated carbocycles. The molecule has 0 aromatic carbocycles. The minimum atomic E-state index is -4.55. The van der Waals surface area contributed by atoms with Gasteiger partial charge >= 0.3 is 0 Å². The highest BCUT2D eigenvalue weighted by Crippen LogP contribution is 2.35. The second kappa shape index (κ2) is 4.73. The molecule has 94 valence electrons. The highest BCUT2D eigenvalue weighted by Gasteiger charge is 2.33. The first-order valence-corrected chi connectivity index (χ1v) is 6.42. The van der Waals surface area contributed by atoms with Crippen LogP contribution in [0.4, 0.5) is 14.5 Å². The Hall–Kier alpha value is -0.950. The van der Waals surface area contributed by atoms with Gasteiger partial charge in [0.1, 0.15) is 9.13 Å². The van der Waals surface area contributed by atoms with Crippen molar-refractivity contribution < 1.29 is 22.1 Å². The number of hydrogen-bond acceptors (Lipinski definition) is 5. The Kier molecular flexibility index (Phi) is 3.93. The van der Waals surface area contributed by atoms with Crippen LogP contribution in [0.1, 0.15) is 12.0 Å². The maximum Gasteiger partial charge on any atom is 0.296 e. The molecule has 0 aliphatic heterocycles. The average molecular weight is 379 g/mol. The lowest BCUT2D eigenvalue weighted by molar-refractivity contribution is -0.387. The molecule has 7 nitrogen and oxygen atoms in total. The number of hydrogen-bond donors (Lipinski definition) is 1. The number of sulfonamides is 1. The first kappa shape index (κ1) is 14.1. The zero-order valence-corrected chi connectivity index (χ0v) is 10.8. The van der Waals surface area contributed by atoms with E-state index in [1.807, 2.05) is 0 Å². The van der Waals surface area contributed by atoms with Crippen LogP contribution in [0.3, 0.4) is 0 Å². The van der Waals surface area contributed by atoms with Crippen molar-refractivity contribution in [2.45, 2.75) is 11.5 Å². The Morgan fingerprint density at radius 3 is 2.41 bits per heavy atom. The van der Waals surface area contributed by atoms with Crippen LogP contribution in [0, 0.1) is 13.7 Å². The number of alkyl halides is 2. The van der Waals surface area contributed by atoms with Crippen molar-refractivity contribution in [2.24, 2.45) is 5.14 Å². The first-order valence-electron chi connectivity index (χ1n) is 3.80. The van der Waals surface area contributed by atoms with Crippen molar-refractivity contribution in [2.75, 3.05) is 0 Å². The third-order valence-corrected chi connectivity index (χ3v) is 3.33. The van der Waals surface area contributed by atoms with E-state index in [9.17, 15) is 27.3 Å². The van der Waals surface area contributed by atoms with Crippen LogP contribution in [0.15, 0.2) is 11.2 Å². The zero-order valence-electron chi connectivity index (χ0n) is 7.80. The molecule has 0 atom stereocenters. The molecule has 0 aliphatic rings. The average Bonchev–Trinajstić information content (AvgIpc) is 2.14. The fraction of sp³-hybridized carbons (Fsp3) is 0.167. The molecule has 1 heterocycles. The van der Waals surface area contributed by atoms with E-state index in [-0.39, 0.29) is 3.57 Å². The van der Waals surface area contributed by atoms with Crippen molar-refractivity contribution in [1.82, 2.24) is 4.98 Å². The smallest absolute Gasteiger partial charge is 0.258 e. The predicted molar refractivity (Wildman–Crippen MR) is 59.9 cm³/mol. The first-order chi connectivity index (χ1) is 7.66. The van der Waals surface area contributed by atoms with Gasteiger partial charge in [-0.05, 0) is 22.6 Å². The van der Waals surface area contributed by atoms with Crippen LogP contribution < -0.4 is 5.14 Å². The number of nitrogens with zero attached hydrogens (tertiary/aromatic N) is 2. The monoisotopic (exact) mass is 379 g/mol. The zero-order chi connectivity index (χ0) is 13.4. The molecular weight excluding hydrogens is 375 g/mol. The maximum absolute atomic E-state index is 12.7. The summed E-state index contributed by atoms with van der Waals surface area (Å²) in [5.74, 6) is 0. The second-order valence-corrected chi connectivity index (χ2v) is 5.42. The molecule has 1 aromatic rings. The van der Waals surface area contributed by atoms with Crippen molar-refractivity contribution in [3.8, 4) is 0 Å². The molecule has 1 rings (SSSR count). The molecule has 0 unspecified atom stereocenters. The molecule has 0 radical (unpaired) electrons. The summed E-state index contributed by atoms with van der Waals surface area (Å²) in [6.45, 7) is 0. The van der Waals surface area contributed by atoms with E-state index in [1.54, 1.807) is 0 Å². The van der Waals surface area contributed by atoms with E-state index >= 15 is 0 Å². The largest absolute Gasteiger partial charge is 0.296 e. The summed E-state index contributed by atoms with van der Waals surface area (Å²) in [7, 11) is -4.55. The third-order valence-electron chi connectivity index (χ3n) is 1.68. The van der Waals surface area contributed by atoms with Crippen LogP contribution in [0.5, 0.6) is 0 Å². The number of rotatable bonds is 3. The van der Waals surface area contributed by atoms with Crippen LogP contribution in [0.2, 0.25) is 0 Å². The predicted octanol–water partition coefficient (Wildman–Crippen LogP) is 1.18. The fourth-order valence-corrected chi connectivity index (χ4v) is 2.40. The van der Waals surface area contributed by atoms with E-state index in [1.165, 1.54) is 22.6 Å². The molecule has 0 spiro atoms. The summed E-state index contributed by atoms with van der Waals surface area (Å²) in [6, 6.07) is 0. The van der Waals surface area contributed by atoms with Gasteiger partial charge in [-0.1, -0.05) is 0 Å². The minimum Gasteiger partial charge on any atom is -0.258 e. The van der Waals surface area contributed by atoms with Crippen molar-refractivity contribution in [1.29, 1.82) is 0 Å².